The maximum Gasteiger partial charge on any atom is 0.424 e. The SMILES string of the molecule is Cl.Cn1ccnc1C(O)(CCNC(=O)C1(C)CCCN1)C(F)(F)F. The third kappa shape index (κ3) is 3.84. The van der Waals surface area contributed by atoms with Gasteiger partial charge in [-0.05, 0) is 26.3 Å². The number of aliphatic hydroxyl groups is 1. The zero-order valence-corrected chi connectivity index (χ0v) is 14.3. The number of aryl methyl sites for hydroxylation is 1. The molecule has 2 atom stereocenters. The number of carbonyl (C=O) groups excluding carboxylic acids is 1. The van der Waals surface area contributed by atoms with E-state index in [9.17, 15) is 23.1 Å². The fourth-order valence-electron chi connectivity index (χ4n) is 2.78. The van der Waals surface area contributed by atoms with Gasteiger partial charge in [0.15, 0.2) is 0 Å². The van der Waals surface area contributed by atoms with Gasteiger partial charge in [0.05, 0.1) is 5.54 Å². The summed E-state index contributed by atoms with van der Waals surface area (Å²) in [7, 11) is 1.38. The molecular weight excluding hydrogens is 349 g/mol. The number of aromatic nitrogens is 2. The van der Waals surface area contributed by atoms with E-state index >= 15 is 0 Å². The number of hydrogen-bond acceptors (Lipinski definition) is 4. The van der Waals surface area contributed by atoms with Gasteiger partial charge in [0.2, 0.25) is 11.5 Å². The van der Waals surface area contributed by atoms with Crippen LogP contribution in [-0.4, -0.2) is 45.4 Å². The molecule has 6 nitrogen and oxygen atoms in total. The lowest BCUT2D eigenvalue weighted by molar-refractivity contribution is -0.272. The second-order valence-electron chi connectivity index (χ2n) is 6.09. The monoisotopic (exact) mass is 370 g/mol. The van der Waals surface area contributed by atoms with Crippen LogP contribution in [0, 0.1) is 0 Å². The van der Waals surface area contributed by atoms with Crippen molar-refractivity contribution >= 4 is 18.3 Å². The van der Waals surface area contributed by atoms with E-state index < -0.39 is 29.6 Å². The summed E-state index contributed by atoms with van der Waals surface area (Å²) >= 11 is 0. The highest BCUT2D eigenvalue weighted by Crippen LogP contribution is 2.40. The van der Waals surface area contributed by atoms with Gasteiger partial charge >= 0.3 is 6.18 Å². The van der Waals surface area contributed by atoms with E-state index in [0.29, 0.717) is 13.0 Å². The van der Waals surface area contributed by atoms with E-state index in [1.54, 1.807) is 6.92 Å². The summed E-state index contributed by atoms with van der Waals surface area (Å²) in [6.45, 7) is 2.10. The molecule has 0 aliphatic carbocycles. The zero-order chi connectivity index (χ0) is 17.3. The standard InChI is InChI=1S/C14H21F3N4O2.ClH/c1-12(4-3-6-20-12)11(22)19-7-5-13(23,14(15,16)17)10-18-8-9-21(10)2;/h8-9,20,23H,3-7H2,1-2H3,(H,19,22);1H. The molecule has 1 amide bonds. The van der Waals surface area contributed by atoms with Gasteiger partial charge in [-0.3, -0.25) is 4.79 Å². The lowest BCUT2D eigenvalue weighted by Gasteiger charge is -2.30. The summed E-state index contributed by atoms with van der Waals surface area (Å²) in [4.78, 5) is 15.7. The van der Waals surface area contributed by atoms with Crippen LogP contribution in [0.2, 0.25) is 0 Å². The van der Waals surface area contributed by atoms with Crippen LogP contribution < -0.4 is 10.6 Å². The van der Waals surface area contributed by atoms with Crippen LogP contribution in [0.5, 0.6) is 0 Å². The van der Waals surface area contributed by atoms with Crippen LogP contribution >= 0.6 is 12.4 Å². The summed E-state index contributed by atoms with van der Waals surface area (Å²) in [5, 5.41) is 15.7. The molecule has 1 fully saturated rings. The first-order chi connectivity index (χ1) is 10.6. The fraction of sp³-hybridized carbons (Fsp3) is 0.714. The minimum Gasteiger partial charge on any atom is -0.374 e. The topological polar surface area (TPSA) is 79.2 Å². The number of rotatable bonds is 5. The lowest BCUT2D eigenvalue weighted by atomic mass is 9.96. The molecule has 2 unspecified atom stereocenters. The smallest absolute Gasteiger partial charge is 0.374 e. The molecule has 1 saturated heterocycles. The summed E-state index contributed by atoms with van der Waals surface area (Å²) in [6, 6.07) is 0. The first-order valence-electron chi connectivity index (χ1n) is 7.40. The minimum absolute atomic E-state index is 0. The molecule has 0 saturated carbocycles. The third-order valence-electron chi connectivity index (χ3n) is 4.30. The van der Waals surface area contributed by atoms with Crippen molar-refractivity contribution in [2.24, 2.45) is 7.05 Å². The molecular formula is C14H22ClF3N4O2. The van der Waals surface area contributed by atoms with Crippen LogP contribution in [-0.2, 0) is 17.4 Å². The van der Waals surface area contributed by atoms with Gasteiger partial charge in [0.1, 0.15) is 5.82 Å². The van der Waals surface area contributed by atoms with Crippen LogP contribution in [0.15, 0.2) is 12.4 Å². The van der Waals surface area contributed by atoms with Gasteiger partial charge in [-0.15, -0.1) is 12.4 Å². The van der Waals surface area contributed by atoms with Crippen molar-refractivity contribution in [3.8, 4) is 0 Å². The molecule has 1 aliphatic rings. The third-order valence-corrected chi connectivity index (χ3v) is 4.30. The Bertz CT molecular complexity index is 573. The van der Waals surface area contributed by atoms with Crippen molar-refractivity contribution in [1.82, 2.24) is 20.2 Å². The molecule has 138 valence electrons. The van der Waals surface area contributed by atoms with Crippen molar-refractivity contribution in [1.29, 1.82) is 0 Å². The highest BCUT2D eigenvalue weighted by Gasteiger charge is 2.57. The number of amides is 1. The number of nitrogens with one attached hydrogen (secondary N) is 2. The number of alkyl halides is 3. The van der Waals surface area contributed by atoms with E-state index in [4.69, 9.17) is 0 Å². The molecule has 1 aliphatic heterocycles. The minimum atomic E-state index is -4.90. The Kier molecular flexibility index (Phi) is 6.29. The molecule has 0 bridgehead atoms. The molecule has 2 rings (SSSR count). The quantitative estimate of drug-likeness (QED) is 0.728. The molecule has 0 spiro atoms. The predicted molar refractivity (Wildman–Crippen MR) is 83.7 cm³/mol. The second kappa shape index (κ2) is 7.28. The lowest BCUT2D eigenvalue weighted by Crippen LogP contribution is -2.53. The number of nitrogens with zero attached hydrogens (tertiary/aromatic N) is 2. The Balaban J connectivity index is 0.00000288. The van der Waals surface area contributed by atoms with Crippen molar-refractivity contribution in [3.63, 3.8) is 0 Å². The summed E-state index contributed by atoms with van der Waals surface area (Å²) in [5.41, 5.74) is -3.87. The summed E-state index contributed by atoms with van der Waals surface area (Å²) in [5.74, 6) is -0.858. The average molecular weight is 371 g/mol. The van der Waals surface area contributed by atoms with E-state index in [1.807, 2.05) is 0 Å². The summed E-state index contributed by atoms with van der Waals surface area (Å²) < 4.78 is 41.1. The van der Waals surface area contributed by atoms with Gasteiger partial charge in [-0.25, -0.2) is 4.98 Å². The first kappa shape index (κ1) is 20.7. The zero-order valence-electron chi connectivity index (χ0n) is 13.5. The fourth-order valence-corrected chi connectivity index (χ4v) is 2.78. The van der Waals surface area contributed by atoms with Gasteiger partial charge in [0, 0.05) is 32.4 Å². The Morgan fingerprint density at radius 3 is 2.67 bits per heavy atom. The molecule has 1 aromatic heterocycles. The predicted octanol–water partition coefficient (Wildman–Crippen LogP) is 1.24. The molecule has 3 N–H and O–H groups in total. The Hall–Kier alpha value is -1.32. The molecule has 24 heavy (non-hydrogen) atoms. The first-order valence-corrected chi connectivity index (χ1v) is 7.40. The van der Waals surface area contributed by atoms with E-state index in [2.05, 4.69) is 15.6 Å². The highest BCUT2D eigenvalue weighted by molar-refractivity contribution is 5.86. The largest absolute Gasteiger partial charge is 0.424 e. The van der Waals surface area contributed by atoms with Crippen LogP contribution in [0.3, 0.4) is 0 Å². The van der Waals surface area contributed by atoms with Gasteiger partial charge in [-0.2, -0.15) is 13.2 Å². The molecule has 2 heterocycles. The molecule has 0 radical (unpaired) electrons. The van der Waals surface area contributed by atoms with Crippen LogP contribution in [0.1, 0.15) is 32.0 Å². The van der Waals surface area contributed by atoms with Gasteiger partial charge in [-0.1, -0.05) is 0 Å². The van der Waals surface area contributed by atoms with Gasteiger partial charge in [0.25, 0.3) is 0 Å². The maximum absolute atomic E-state index is 13.3. The number of halogens is 4. The maximum atomic E-state index is 13.3. The Morgan fingerprint density at radius 1 is 1.54 bits per heavy atom. The Labute approximate surface area is 144 Å². The molecule has 1 aromatic rings. The number of hydrogen-bond donors (Lipinski definition) is 3. The number of imidazole rings is 1. The molecule has 0 aromatic carbocycles. The highest BCUT2D eigenvalue weighted by atomic mass is 35.5. The van der Waals surface area contributed by atoms with Crippen LogP contribution in [0.25, 0.3) is 0 Å². The van der Waals surface area contributed by atoms with E-state index in [-0.39, 0.29) is 24.9 Å². The van der Waals surface area contributed by atoms with Crippen molar-refractivity contribution in [3.05, 3.63) is 18.2 Å². The molecule has 10 heteroatoms. The van der Waals surface area contributed by atoms with Crippen molar-refractivity contribution in [2.45, 2.75) is 43.5 Å². The van der Waals surface area contributed by atoms with Crippen molar-refractivity contribution < 1.29 is 23.1 Å². The van der Waals surface area contributed by atoms with E-state index in [1.165, 1.54) is 19.4 Å². The Morgan fingerprint density at radius 2 is 2.21 bits per heavy atom. The van der Waals surface area contributed by atoms with Gasteiger partial charge < -0.3 is 20.3 Å². The number of carbonyl (C=O) groups is 1. The summed E-state index contributed by atoms with van der Waals surface area (Å²) in [6.07, 6.45) is -1.62. The second-order valence-corrected chi connectivity index (χ2v) is 6.09. The van der Waals surface area contributed by atoms with Crippen LogP contribution in [0.4, 0.5) is 13.2 Å². The van der Waals surface area contributed by atoms with Crippen molar-refractivity contribution in [2.75, 3.05) is 13.1 Å². The average Bonchev–Trinajstić information content (AvgIpc) is 3.07. The van der Waals surface area contributed by atoms with E-state index in [0.717, 1.165) is 11.0 Å². The normalized spacial score (nSPS) is 23.4.